The molecule has 0 radical (unpaired) electrons. The fourth-order valence-electron chi connectivity index (χ4n) is 1.81. The highest BCUT2D eigenvalue weighted by Gasteiger charge is 2.20. The molecule has 0 aliphatic carbocycles. The number of hydrogen-bond acceptors (Lipinski definition) is 4. The van der Waals surface area contributed by atoms with Crippen LogP contribution >= 0.6 is 22.9 Å². The summed E-state index contributed by atoms with van der Waals surface area (Å²) in [5.41, 5.74) is 0.976. The molecule has 1 aromatic carbocycles. The van der Waals surface area contributed by atoms with Crippen LogP contribution in [0.15, 0.2) is 29.6 Å². The lowest BCUT2D eigenvalue weighted by Crippen LogP contribution is -2.25. The van der Waals surface area contributed by atoms with Gasteiger partial charge in [-0.1, -0.05) is 11.6 Å². The number of ether oxygens (including phenoxy) is 1. The van der Waals surface area contributed by atoms with E-state index in [9.17, 15) is 9.59 Å². The van der Waals surface area contributed by atoms with Crippen molar-refractivity contribution in [3.05, 3.63) is 45.1 Å². The molecule has 4 nitrogen and oxygen atoms in total. The van der Waals surface area contributed by atoms with Gasteiger partial charge in [-0.25, -0.2) is 0 Å². The van der Waals surface area contributed by atoms with Gasteiger partial charge < -0.3 is 10.1 Å². The zero-order valence-corrected chi connectivity index (χ0v) is 11.2. The normalized spacial score (nSPS) is 13.4. The Morgan fingerprint density at radius 1 is 1.37 bits per heavy atom. The summed E-state index contributed by atoms with van der Waals surface area (Å²) < 4.78 is 5.24. The first-order chi connectivity index (χ1) is 9.15. The average molecular weight is 294 g/mol. The van der Waals surface area contributed by atoms with Gasteiger partial charge in [-0.3, -0.25) is 9.59 Å². The van der Waals surface area contributed by atoms with Crippen molar-refractivity contribution in [1.29, 1.82) is 0 Å². The molecule has 1 aliphatic heterocycles. The van der Waals surface area contributed by atoms with Crippen molar-refractivity contribution in [2.24, 2.45) is 0 Å². The number of carbonyl (C=O) groups excluding carboxylic acids is 2. The molecule has 0 saturated heterocycles. The number of nitrogens with one attached hydrogen (secondary N) is 1. The fourth-order valence-corrected chi connectivity index (χ4v) is 2.91. The van der Waals surface area contributed by atoms with Crippen LogP contribution < -0.4 is 10.1 Å². The van der Waals surface area contributed by atoms with Crippen LogP contribution in [0.4, 0.5) is 5.69 Å². The lowest BCUT2D eigenvalue weighted by atomic mass is 10.1. The molecule has 96 valence electrons. The van der Waals surface area contributed by atoms with Crippen LogP contribution in [-0.2, 0) is 4.79 Å². The highest BCUT2D eigenvalue weighted by Crippen LogP contribution is 2.31. The predicted molar refractivity (Wildman–Crippen MR) is 73.3 cm³/mol. The number of ketones is 1. The number of halogens is 1. The Kier molecular flexibility index (Phi) is 3.00. The summed E-state index contributed by atoms with van der Waals surface area (Å²) in [6, 6.07) is 6.62. The first kappa shape index (κ1) is 12.2. The molecule has 1 aliphatic rings. The minimum atomic E-state index is -0.230. The Labute approximate surface area is 118 Å². The van der Waals surface area contributed by atoms with Gasteiger partial charge in [0.05, 0.1) is 15.6 Å². The lowest BCUT2D eigenvalue weighted by molar-refractivity contribution is -0.118. The van der Waals surface area contributed by atoms with Crippen LogP contribution in [0.5, 0.6) is 5.75 Å². The van der Waals surface area contributed by atoms with Crippen LogP contribution in [0.2, 0.25) is 5.02 Å². The third-order valence-corrected chi connectivity index (χ3v) is 4.04. The van der Waals surface area contributed by atoms with Crippen LogP contribution in [0.25, 0.3) is 0 Å². The lowest BCUT2D eigenvalue weighted by Gasteiger charge is -2.18. The molecule has 0 saturated carbocycles. The van der Waals surface area contributed by atoms with Crippen molar-refractivity contribution < 1.29 is 14.3 Å². The summed E-state index contributed by atoms with van der Waals surface area (Å²) in [4.78, 5) is 24.0. The number of anilines is 1. The van der Waals surface area contributed by atoms with Crippen molar-refractivity contribution in [1.82, 2.24) is 0 Å². The molecule has 1 aromatic heterocycles. The summed E-state index contributed by atoms with van der Waals surface area (Å²) in [7, 11) is 0. The van der Waals surface area contributed by atoms with E-state index in [0.717, 1.165) is 0 Å². The Morgan fingerprint density at radius 3 is 2.95 bits per heavy atom. The van der Waals surface area contributed by atoms with Gasteiger partial charge in [-0.2, -0.15) is 0 Å². The summed E-state index contributed by atoms with van der Waals surface area (Å²) in [5.74, 6) is 0.169. The van der Waals surface area contributed by atoms with Crippen molar-refractivity contribution in [3.8, 4) is 5.75 Å². The molecule has 19 heavy (non-hydrogen) atoms. The monoisotopic (exact) mass is 293 g/mol. The molecular formula is C13H8ClNO3S. The van der Waals surface area contributed by atoms with Crippen molar-refractivity contribution in [2.45, 2.75) is 0 Å². The number of amides is 1. The van der Waals surface area contributed by atoms with Crippen LogP contribution in [0.1, 0.15) is 15.2 Å². The second-order valence-electron chi connectivity index (χ2n) is 3.97. The fraction of sp³-hybridized carbons (Fsp3) is 0.0769. The maximum atomic E-state index is 12.3. The summed E-state index contributed by atoms with van der Waals surface area (Å²) in [6.45, 7) is -0.00293. The van der Waals surface area contributed by atoms with E-state index in [1.807, 2.05) is 0 Å². The molecule has 1 N–H and O–H groups in total. The Balaban J connectivity index is 1.98. The summed E-state index contributed by atoms with van der Waals surface area (Å²) >= 11 is 7.24. The second-order valence-corrected chi connectivity index (χ2v) is 5.30. The molecule has 0 atom stereocenters. The minimum Gasteiger partial charge on any atom is -0.482 e. The van der Waals surface area contributed by atoms with Crippen molar-refractivity contribution in [2.75, 3.05) is 11.9 Å². The van der Waals surface area contributed by atoms with E-state index < -0.39 is 0 Å². The second kappa shape index (κ2) is 4.68. The molecule has 0 unspecified atom stereocenters. The Hall–Kier alpha value is -1.85. The maximum Gasteiger partial charge on any atom is 0.262 e. The molecule has 0 fully saturated rings. The largest absolute Gasteiger partial charge is 0.482 e. The van der Waals surface area contributed by atoms with Gasteiger partial charge in [-0.15, -0.1) is 11.3 Å². The van der Waals surface area contributed by atoms with Gasteiger partial charge in [0.15, 0.2) is 6.61 Å². The number of hydrogen-bond donors (Lipinski definition) is 1. The van der Waals surface area contributed by atoms with Crippen LogP contribution in [0.3, 0.4) is 0 Å². The topological polar surface area (TPSA) is 55.4 Å². The van der Waals surface area contributed by atoms with Gasteiger partial charge in [0.2, 0.25) is 5.78 Å². The number of benzene rings is 1. The molecule has 3 rings (SSSR count). The highest BCUT2D eigenvalue weighted by molar-refractivity contribution is 7.13. The van der Waals surface area contributed by atoms with Gasteiger partial charge >= 0.3 is 0 Å². The molecular weight excluding hydrogens is 286 g/mol. The van der Waals surface area contributed by atoms with Crippen LogP contribution in [-0.4, -0.2) is 18.3 Å². The quantitative estimate of drug-likeness (QED) is 0.866. The maximum absolute atomic E-state index is 12.3. The van der Waals surface area contributed by atoms with E-state index in [1.54, 1.807) is 29.6 Å². The Bertz CT molecular complexity index is 680. The molecule has 0 spiro atoms. The third-order valence-electron chi connectivity index (χ3n) is 2.70. The number of thiophene rings is 1. The molecule has 6 heteroatoms. The number of carbonyl (C=O) groups is 2. The van der Waals surface area contributed by atoms with E-state index in [-0.39, 0.29) is 18.3 Å². The SMILES string of the molecule is O=C1COc2ccc(C(=O)c3sccc3Cl)cc2N1. The van der Waals surface area contributed by atoms with Crippen LogP contribution in [0, 0.1) is 0 Å². The van der Waals surface area contributed by atoms with Gasteiger partial charge in [0.25, 0.3) is 5.91 Å². The Morgan fingerprint density at radius 2 is 2.21 bits per heavy atom. The number of fused-ring (bicyclic) bond motifs is 1. The zero-order valence-electron chi connectivity index (χ0n) is 9.60. The smallest absolute Gasteiger partial charge is 0.262 e. The predicted octanol–water partition coefficient (Wildman–Crippen LogP) is 2.96. The minimum absolute atomic E-state index is 0.00293. The van der Waals surface area contributed by atoms with E-state index in [4.69, 9.17) is 16.3 Å². The zero-order chi connectivity index (χ0) is 13.4. The first-order valence-electron chi connectivity index (χ1n) is 5.49. The average Bonchev–Trinajstić information content (AvgIpc) is 2.83. The standard InChI is InChI=1S/C13H8ClNO3S/c14-8-3-4-19-13(8)12(17)7-1-2-10-9(5-7)15-11(16)6-18-10/h1-5H,6H2,(H,15,16). The summed E-state index contributed by atoms with van der Waals surface area (Å²) in [6.07, 6.45) is 0. The van der Waals surface area contributed by atoms with Crippen molar-refractivity contribution >= 4 is 40.3 Å². The molecule has 2 aromatic rings. The van der Waals surface area contributed by atoms with E-state index in [0.29, 0.717) is 26.9 Å². The van der Waals surface area contributed by atoms with E-state index in [1.165, 1.54) is 11.3 Å². The van der Waals surface area contributed by atoms with Crippen molar-refractivity contribution in [3.63, 3.8) is 0 Å². The third kappa shape index (κ3) is 2.22. The molecule has 1 amide bonds. The van der Waals surface area contributed by atoms with E-state index in [2.05, 4.69) is 5.32 Å². The highest BCUT2D eigenvalue weighted by atomic mass is 35.5. The summed E-state index contributed by atoms with van der Waals surface area (Å²) in [5, 5.41) is 4.87. The van der Waals surface area contributed by atoms with E-state index >= 15 is 0 Å². The molecule has 2 heterocycles. The van der Waals surface area contributed by atoms with Gasteiger partial charge in [0.1, 0.15) is 5.75 Å². The first-order valence-corrected chi connectivity index (χ1v) is 6.75. The number of rotatable bonds is 2. The van der Waals surface area contributed by atoms with Gasteiger partial charge in [0, 0.05) is 5.56 Å². The van der Waals surface area contributed by atoms with Gasteiger partial charge in [-0.05, 0) is 29.6 Å². The molecule has 0 bridgehead atoms.